The number of rotatable bonds is 5. The van der Waals surface area contributed by atoms with Gasteiger partial charge in [-0.15, -0.1) is 0 Å². The van der Waals surface area contributed by atoms with Gasteiger partial charge in [0, 0.05) is 25.0 Å². The highest BCUT2D eigenvalue weighted by molar-refractivity contribution is 5.97. The second-order valence-corrected chi connectivity index (χ2v) is 6.95. The van der Waals surface area contributed by atoms with E-state index in [0.29, 0.717) is 42.4 Å². The van der Waals surface area contributed by atoms with Gasteiger partial charge in [-0.2, -0.15) is 0 Å². The summed E-state index contributed by atoms with van der Waals surface area (Å²) in [6.45, 7) is 1.90. The van der Waals surface area contributed by atoms with Crippen LogP contribution < -0.4 is 10.1 Å². The van der Waals surface area contributed by atoms with Gasteiger partial charge in [-0.05, 0) is 37.0 Å². The topological polar surface area (TPSA) is 84.9 Å². The van der Waals surface area contributed by atoms with E-state index < -0.39 is 0 Å². The van der Waals surface area contributed by atoms with Gasteiger partial charge in [-0.3, -0.25) is 9.59 Å². The van der Waals surface area contributed by atoms with Crippen molar-refractivity contribution in [2.45, 2.75) is 12.8 Å². The van der Waals surface area contributed by atoms with Crippen LogP contribution in [0.1, 0.15) is 33.8 Å². The van der Waals surface area contributed by atoms with Crippen molar-refractivity contribution in [1.29, 1.82) is 0 Å². The van der Waals surface area contributed by atoms with E-state index in [-0.39, 0.29) is 17.6 Å². The van der Waals surface area contributed by atoms with Crippen LogP contribution >= 0.6 is 0 Å². The second kappa shape index (κ2) is 7.80. The van der Waals surface area contributed by atoms with Gasteiger partial charge < -0.3 is 23.8 Å². The molecule has 2 aromatic heterocycles. The summed E-state index contributed by atoms with van der Waals surface area (Å²) in [7, 11) is 1.57. The summed E-state index contributed by atoms with van der Waals surface area (Å²) in [4.78, 5) is 26.6. The smallest absolute Gasteiger partial charge is 0.287 e. The lowest BCUT2D eigenvalue weighted by Crippen LogP contribution is -2.41. The van der Waals surface area contributed by atoms with Gasteiger partial charge in [0.1, 0.15) is 6.26 Å². The lowest BCUT2D eigenvalue weighted by Gasteiger charge is -2.31. The average Bonchev–Trinajstić information content (AvgIpc) is 3.41. The first-order chi connectivity index (χ1) is 13.7. The quantitative estimate of drug-likeness (QED) is 0.732. The van der Waals surface area contributed by atoms with E-state index in [4.69, 9.17) is 13.6 Å². The molecule has 7 heteroatoms. The van der Waals surface area contributed by atoms with Crippen LogP contribution in [-0.2, 0) is 0 Å². The molecule has 7 nitrogen and oxygen atoms in total. The Morgan fingerprint density at radius 2 is 2.07 bits per heavy atom. The van der Waals surface area contributed by atoms with Crippen molar-refractivity contribution in [3.8, 4) is 5.75 Å². The van der Waals surface area contributed by atoms with E-state index in [9.17, 15) is 9.59 Å². The highest BCUT2D eigenvalue weighted by Crippen LogP contribution is 2.28. The number of hydrogen-bond donors (Lipinski definition) is 1. The molecule has 3 aromatic rings. The van der Waals surface area contributed by atoms with Crippen molar-refractivity contribution in [2.75, 3.05) is 26.7 Å². The first-order valence-corrected chi connectivity index (χ1v) is 9.32. The first kappa shape index (κ1) is 18.2. The van der Waals surface area contributed by atoms with Crippen molar-refractivity contribution < 1.29 is 23.2 Å². The Morgan fingerprint density at radius 3 is 2.79 bits per heavy atom. The Kier molecular flexibility index (Phi) is 5.06. The molecular formula is C21H22N2O5. The van der Waals surface area contributed by atoms with Crippen LogP contribution in [0.2, 0.25) is 0 Å². The third-order valence-electron chi connectivity index (χ3n) is 5.17. The third kappa shape index (κ3) is 3.60. The number of fused-ring (bicyclic) bond motifs is 1. The Hall–Kier alpha value is -3.22. The number of carbonyl (C=O) groups is 2. The van der Waals surface area contributed by atoms with E-state index in [1.807, 2.05) is 17.0 Å². The molecule has 0 bridgehead atoms. The number of carbonyl (C=O) groups excluding carboxylic acids is 2. The third-order valence-corrected chi connectivity index (χ3v) is 5.17. The van der Waals surface area contributed by atoms with E-state index in [0.717, 1.165) is 18.2 Å². The van der Waals surface area contributed by atoms with Gasteiger partial charge in [-0.1, -0.05) is 12.1 Å². The summed E-state index contributed by atoms with van der Waals surface area (Å²) in [5.41, 5.74) is 1.15. The molecule has 0 aliphatic carbocycles. The summed E-state index contributed by atoms with van der Waals surface area (Å²) in [5.74, 6) is 0.956. The number of para-hydroxylation sites is 1. The van der Waals surface area contributed by atoms with Crippen molar-refractivity contribution in [3.05, 3.63) is 54.2 Å². The number of piperidine rings is 1. The summed E-state index contributed by atoms with van der Waals surface area (Å²) in [6, 6.07) is 8.93. The van der Waals surface area contributed by atoms with Gasteiger partial charge in [0.2, 0.25) is 0 Å². The van der Waals surface area contributed by atoms with Gasteiger partial charge in [0.05, 0.1) is 18.9 Å². The molecule has 0 unspecified atom stereocenters. The molecule has 0 atom stereocenters. The predicted octanol–water partition coefficient (Wildman–Crippen LogP) is 3.32. The Balaban J connectivity index is 1.31. The molecule has 0 saturated carbocycles. The number of amides is 2. The predicted molar refractivity (Wildman–Crippen MR) is 102 cm³/mol. The van der Waals surface area contributed by atoms with Gasteiger partial charge >= 0.3 is 0 Å². The Bertz CT molecular complexity index is 968. The van der Waals surface area contributed by atoms with Crippen LogP contribution in [0.4, 0.5) is 0 Å². The summed E-state index contributed by atoms with van der Waals surface area (Å²) < 4.78 is 15.9. The summed E-state index contributed by atoms with van der Waals surface area (Å²) in [5, 5.41) is 3.78. The zero-order valence-corrected chi connectivity index (χ0v) is 15.6. The fourth-order valence-corrected chi connectivity index (χ4v) is 3.54. The minimum Gasteiger partial charge on any atom is -0.493 e. The Morgan fingerprint density at radius 1 is 1.25 bits per heavy atom. The number of hydrogen-bond acceptors (Lipinski definition) is 5. The average molecular weight is 382 g/mol. The standard InChI is InChI=1S/C21H22N2O5/c1-26-17-4-2-3-15-11-18(28-19(15)17)20(24)22-12-14-5-8-23(9-6-14)21(25)16-7-10-27-13-16/h2-4,7,10-11,13-14H,5-6,8-9,12H2,1H3,(H,22,24). The number of furan rings is 2. The number of ether oxygens (including phenoxy) is 1. The van der Waals surface area contributed by atoms with Crippen LogP contribution in [0, 0.1) is 5.92 Å². The van der Waals surface area contributed by atoms with Crippen molar-refractivity contribution in [2.24, 2.45) is 5.92 Å². The SMILES string of the molecule is COc1cccc2cc(C(=O)NCC3CCN(C(=O)c4ccoc4)CC3)oc12. The van der Waals surface area contributed by atoms with Crippen LogP contribution in [0.25, 0.3) is 11.0 Å². The maximum absolute atomic E-state index is 12.5. The number of nitrogens with zero attached hydrogens (tertiary/aromatic N) is 1. The molecule has 146 valence electrons. The molecule has 1 aliphatic heterocycles. The Labute approximate surface area is 162 Å². The zero-order valence-electron chi connectivity index (χ0n) is 15.6. The maximum atomic E-state index is 12.5. The monoisotopic (exact) mass is 382 g/mol. The molecule has 1 aliphatic rings. The molecule has 1 fully saturated rings. The van der Waals surface area contributed by atoms with Gasteiger partial charge in [-0.25, -0.2) is 0 Å². The molecule has 4 rings (SSSR count). The highest BCUT2D eigenvalue weighted by Gasteiger charge is 2.25. The minimum absolute atomic E-state index is 0.00698. The molecule has 0 spiro atoms. The molecule has 28 heavy (non-hydrogen) atoms. The molecule has 0 radical (unpaired) electrons. The lowest BCUT2D eigenvalue weighted by atomic mass is 9.96. The fourth-order valence-electron chi connectivity index (χ4n) is 3.54. The van der Waals surface area contributed by atoms with E-state index in [1.54, 1.807) is 25.3 Å². The van der Waals surface area contributed by atoms with E-state index in [1.165, 1.54) is 12.5 Å². The molecule has 1 aromatic carbocycles. The second-order valence-electron chi connectivity index (χ2n) is 6.95. The number of nitrogens with one attached hydrogen (secondary N) is 1. The van der Waals surface area contributed by atoms with Crippen molar-refractivity contribution in [1.82, 2.24) is 10.2 Å². The van der Waals surface area contributed by atoms with E-state index >= 15 is 0 Å². The summed E-state index contributed by atoms with van der Waals surface area (Å²) in [6.07, 6.45) is 4.66. The minimum atomic E-state index is -0.241. The zero-order chi connectivity index (χ0) is 19.5. The number of benzene rings is 1. The van der Waals surface area contributed by atoms with Crippen LogP contribution in [0.3, 0.4) is 0 Å². The normalized spacial score (nSPS) is 15.0. The fraction of sp³-hybridized carbons (Fsp3) is 0.333. The maximum Gasteiger partial charge on any atom is 0.287 e. The largest absolute Gasteiger partial charge is 0.493 e. The van der Waals surface area contributed by atoms with Crippen molar-refractivity contribution >= 4 is 22.8 Å². The van der Waals surface area contributed by atoms with Gasteiger partial charge in [0.15, 0.2) is 17.1 Å². The molecule has 1 N–H and O–H groups in total. The lowest BCUT2D eigenvalue weighted by molar-refractivity contribution is 0.0682. The number of methoxy groups -OCH3 is 1. The summed E-state index contributed by atoms with van der Waals surface area (Å²) >= 11 is 0. The first-order valence-electron chi connectivity index (χ1n) is 9.32. The molecule has 1 saturated heterocycles. The van der Waals surface area contributed by atoms with Crippen molar-refractivity contribution in [3.63, 3.8) is 0 Å². The van der Waals surface area contributed by atoms with E-state index in [2.05, 4.69) is 5.32 Å². The van der Waals surface area contributed by atoms with Gasteiger partial charge in [0.25, 0.3) is 11.8 Å². The number of likely N-dealkylation sites (tertiary alicyclic amines) is 1. The highest BCUT2D eigenvalue weighted by atomic mass is 16.5. The molecular weight excluding hydrogens is 360 g/mol. The van der Waals surface area contributed by atoms with Crippen LogP contribution in [-0.4, -0.2) is 43.5 Å². The van der Waals surface area contributed by atoms with Crippen LogP contribution in [0.5, 0.6) is 5.75 Å². The molecule has 3 heterocycles. The molecule has 2 amide bonds. The van der Waals surface area contributed by atoms with Crippen LogP contribution in [0.15, 0.2) is 51.7 Å².